The van der Waals surface area contributed by atoms with Crippen LogP contribution in [0.2, 0.25) is 0 Å². The Hall–Kier alpha value is -8.79. The molecule has 12 bridgehead atoms. The number of rotatable bonds is 21. The minimum atomic E-state index is -1.42. The Balaban J connectivity index is 0.000000132. The summed E-state index contributed by atoms with van der Waals surface area (Å²) in [5, 5.41) is 49.7. The fourth-order valence-electron chi connectivity index (χ4n) is 25.0. The lowest BCUT2D eigenvalue weighted by molar-refractivity contribution is -0.136. The third-order valence-corrected chi connectivity index (χ3v) is 29.3. The summed E-state index contributed by atoms with van der Waals surface area (Å²) in [6, 6.07) is 27.0. The smallest absolute Gasteiger partial charge is 0.360 e. The number of nitrogens with zero attached hydrogens (tertiary/aromatic N) is 13. The number of aromatic nitrogens is 6. The van der Waals surface area contributed by atoms with Crippen molar-refractivity contribution in [2.24, 2.45) is 51.0 Å². The van der Waals surface area contributed by atoms with Crippen LogP contribution in [0, 0.1) is 35.5 Å². The second-order valence-electron chi connectivity index (χ2n) is 36.2. The highest BCUT2D eigenvalue weighted by Crippen LogP contribution is 2.52. The standard InChI is InChI=1S/C33H45N5O5.C29H38N4O5.C28H36N4O4/c1-3-36(4-2)29(39)20-43-35-31(33(41)42)30-32(40)38(28-14-6-5-13-27(28)34-30)26-18-23-11-8-12-24(19-26)37(23)25-16-21-9-7-10-22(15-21)17-25;34-11-12-38-31-27(29(36)37)26-28(35)33(25-10-2-1-9-24(25)30-26)23-16-20-7-4-8-21(17-23)32(20)22-14-18-5-3-6-19(13-18)15-22;1-36-30-26(28(34)35)25-27(33)32(24-11-3-2-10-23(24)29-25)22-15-19-8-5-9-20(16-22)31(19)21-13-17-6-4-7-18(12-17)14-21/h5-6,13-14,21-26H,3-4,7-12,15-20H2,1-2H3,(H,41,42);1-2,9-10,18-23,34H,3-8,11-17H2,(H,36,37);2-3,10-11,17-22H,4-9,12-16H2,1H3,(H,34,35)/b35-31-;31-27-;30-26-/t21-,22+,23-,24+,25?,26?;18-,19+,20-,21+,22?,23?;17-,18+,19-,20+,21?,22?. The summed E-state index contributed by atoms with van der Waals surface area (Å²) < 4.78 is 5.40. The van der Waals surface area contributed by atoms with Crippen molar-refractivity contribution in [3.8, 4) is 0 Å². The fourth-order valence-corrected chi connectivity index (χ4v) is 25.0. The van der Waals surface area contributed by atoms with E-state index in [1.165, 1.54) is 155 Å². The Kier molecular flexibility index (Phi) is 25.5. The number of para-hydroxylation sites is 6. The van der Waals surface area contributed by atoms with Crippen LogP contribution in [0.25, 0.3) is 33.1 Å². The maximum absolute atomic E-state index is 14.2. The van der Waals surface area contributed by atoms with Gasteiger partial charge in [-0.1, -0.05) is 129 Å². The van der Waals surface area contributed by atoms with Gasteiger partial charge < -0.3 is 53.5 Å². The van der Waals surface area contributed by atoms with Gasteiger partial charge in [0.05, 0.1) is 39.7 Å². The van der Waals surface area contributed by atoms with Gasteiger partial charge in [-0.05, 0) is 221 Å². The van der Waals surface area contributed by atoms with E-state index in [1.807, 2.05) is 79.1 Å². The summed E-state index contributed by atoms with van der Waals surface area (Å²) >= 11 is 0. The van der Waals surface area contributed by atoms with Crippen molar-refractivity contribution in [2.45, 2.75) is 298 Å². The number of aliphatic carboxylic acids is 3. The Morgan fingerprint density at radius 2 is 0.667 bits per heavy atom. The van der Waals surface area contributed by atoms with Crippen molar-refractivity contribution in [3.63, 3.8) is 0 Å². The molecular weight excluding hydrogens is 1490 g/mol. The molecule has 9 heterocycles. The van der Waals surface area contributed by atoms with Crippen molar-refractivity contribution in [2.75, 3.05) is 40.0 Å². The number of piperidine rings is 6. The molecule has 0 spiro atoms. The largest absolute Gasteiger partial charge is 0.476 e. The van der Waals surface area contributed by atoms with E-state index in [-0.39, 0.29) is 54.3 Å². The van der Waals surface area contributed by atoms with Crippen LogP contribution in [0.5, 0.6) is 0 Å². The van der Waals surface area contributed by atoms with Crippen molar-refractivity contribution in [3.05, 3.63) is 121 Å². The maximum Gasteiger partial charge on any atom is 0.360 e. The molecule has 18 rings (SSSR count). The van der Waals surface area contributed by atoms with Crippen LogP contribution in [-0.4, -0.2) is 204 Å². The number of aliphatic hydroxyl groups excluding tert-OH is 1. The van der Waals surface area contributed by atoms with Crippen molar-refractivity contribution >= 4 is 74.1 Å². The molecule has 117 heavy (non-hydrogen) atoms. The first kappa shape index (κ1) is 81.9. The molecule has 6 aliphatic carbocycles. The van der Waals surface area contributed by atoms with Crippen LogP contribution in [0.15, 0.2) is 103 Å². The molecule has 3 aromatic heterocycles. The van der Waals surface area contributed by atoms with Gasteiger partial charge in [-0.25, -0.2) is 29.3 Å². The second-order valence-corrected chi connectivity index (χ2v) is 36.2. The number of fused-ring (bicyclic) bond motifs is 15. The monoisotopic (exact) mass is 1610 g/mol. The number of likely N-dealkylation sites (N-methyl/N-ethyl adjacent to an activating group) is 1. The molecule has 1 amide bonds. The Bertz CT molecular complexity index is 4820. The molecule has 18 atom stereocenters. The molecule has 6 saturated carbocycles. The number of hydrogen-bond acceptors (Lipinski definition) is 20. The van der Waals surface area contributed by atoms with Crippen LogP contribution >= 0.6 is 0 Å². The van der Waals surface area contributed by atoms with Crippen LogP contribution in [-0.2, 0) is 33.7 Å². The lowest BCUT2D eigenvalue weighted by atomic mass is 9.68. The van der Waals surface area contributed by atoms with Crippen molar-refractivity contribution in [1.82, 2.24) is 48.3 Å². The number of amides is 1. The lowest BCUT2D eigenvalue weighted by Crippen LogP contribution is -2.58. The molecule has 6 aliphatic heterocycles. The molecule has 4 N–H and O–H groups in total. The molecule has 27 heteroatoms. The number of oxime groups is 3. The molecule has 628 valence electrons. The van der Waals surface area contributed by atoms with Gasteiger partial charge >= 0.3 is 17.9 Å². The predicted octanol–water partition coefficient (Wildman–Crippen LogP) is 12.7. The summed E-state index contributed by atoms with van der Waals surface area (Å²) in [6.45, 7) is 3.84. The zero-order chi connectivity index (χ0) is 81.1. The van der Waals surface area contributed by atoms with Gasteiger partial charge in [0.15, 0.2) is 23.7 Å². The minimum Gasteiger partial charge on any atom is -0.476 e. The molecule has 27 nitrogen and oxygen atoms in total. The summed E-state index contributed by atoms with van der Waals surface area (Å²) in [5.41, 5.74) is 0.399. The molecule has 12 aliphatic rings. The summed E-state index contributed by atoms with van der Waals surface area (Å²) in [7, 11) is 1.28. The van der Waals surface area contributed by atoms with E-state index in [0.29, 0.717) is 89.5 Å². The molecule has 6 unspecified atom stereocenters. The third kappa shape index (κ3) is 17.3. The number of carboxylic acid groups (broad SMARTS) is 3. The number of hydrogen-bond donors (Lipinski definition) is 4. The van der Waals surface area contributed by atoms with Crippen molar-refractivity contribution < 1.29 is 54.1 Å². The first-order valence-corrected chi connectivity index (χ1v) is 44.4. The Morgan fingerprint density at radius 1 is 0.385 bits per heavy atom. The van der Waals surface area contributed by atoms with Gasteiger partial charge in [-0.3, -0.25) is 33.9 Å². The number of aliphatic hydroxyl groups is 1. The van der Waals surface area contributed by atoms with Crippen LogP contribution in [0.1, 0.15) is 261 Å². The number of carbonyl (C=O) groups excluding carboxylic acids is 1. The summed E-state index contributed by atoms with van der Waals surface area (Å²) in [5.74, 6) is 0.839. The number of benzene rings is 3. The van der Waals surface area contributed by atoms with Gasteiger partial charge in [0.25, 0.3) is 22.6 Å². The highest BCUT2D eigenvalue weighted by atomic mass is 16.6. The third-order valence-electron chi connectivity index (χ3n) is 29.3. The van der Waals surface area contributed by atoms with Gasteiger partial charge in [-0.15, -0.1) is 0 Å². The van der Waals surface area contributed by atoms with E-state index < -0.39 is 58.3 Å². The SMILES string of the molecule is CCN(CC)C(=O)CO/N=C(\C(=O)O)c1nc2ccccc2n(C2C[C@H]3CCC[C@@H](C2)N3C2C[C@H]3CCC[C@@H](C2)C3)c1=O.CO/N=C(\C(=O)O)c1nc2ccccc2n(C2C[C@H]3CCC[C@@H](C2)N3C2C[C@H]3CCC[C@@H](C2)C3)c1=O.O=C(O)/C(=N\OCCO)c1nc2ccccc2n(C2C[C@H]3CCC[C@@H](C2)N3C2C[C@H]3CCC[C@@H](C2)C3)c1=O. The Labute approximate surface area is 683 Å². The van der Waals surface area contributed by atoms with E-state index >= 15 is 0 Å². The molecule has 6 saturated heterocycles. The molecular formula is C90H119N13O14. The zero-order valence-electron chi connectivity index (χ0n) is 68.4. The number of carbonyl (C=O) groups is 4. The minimum absolute atomic E-state index is 0.0105. The number of carboxylic acids is 3. The predicted molar refractivity (Wildman–Crippen MR) is 444 cm³/mol. The quantitative estimate of drug-likeness (QED) is 0.0295. The van der Waals surface area contributed by atoms with E-state index in [2.05, 4.69) is 45.1 Å². The highest BCUT2D eigenvalue weighted by molar-refractivity contribution is 6.43. The first-order valence-electron chi connectivity index (χ1n) is 44.4. The topological polar surface area (TPSA) is 332 Å². The fraction of sp³-hybridized carbons (Fsp3) is 0.656. The summed E-state index contributed by atoms with van der Waals surface area (Å²) in [4.78, 5) is 129. The summed E-state index contributed by atoms with van der Waals surface area (Å²) in [6.07, 6.45) is 40.7. The van der Waals surface area contributed by atoms with Crippen molar-refractivity contribution in [1.29, 1.82) is 0 Å². The zero-order valence-corrected chi connectivity index (χ0v) is 68.4. The van der Waals surface area contributed by atoms with Gasteiger partial charge in [-0.2, -0.15) is 0 Å². The average molecular weight is 1610 g/mol. The lowest BCUT2D eigenvalue weighted by Gasteiger charge is -2.55. The van der Waals surface area contributed by atoms with E-state index in [1.54, 1.807) is 26.2 Å². The van der Waals surface area contributed by atoms with E-state index in [0.717, 1.165) is 111 Å². The Morgan fingerprint density at radius 3 is 0.949 bits per heavy atom. The highest BCUT2D eigenvalue weighted by Gasteiger charge is 2.50. The molecule has 6 aromatic rings. The van der Waals surface area contributed by atoms with E-state index in [4.69, 9.17) is 19.6 Å². The molecule has 12 fully saturated rings. The van der Waals surface area contributed by atoms with Gasteiger partial charge in [0.1, 0.15) is 13.7 Å². The normalized spacial score (nSPS) is 31.2. The molecule has 3 aromatic carbocycles. The van der Waals surface area contributed by atoms with Gasteiger partial charge in [0.2, 0.25) is 17.1 Å². The van der Waals surface area contributed by atoms with Crippen LogP contribution in [0.3, 0.4) is 0 Å². The molecule has 0 radical (unpaired) electrons. The van der Waals surface area contributed by atoms with Crippen LogP contribution in [0.4, 0.5) is 0 Å². The first-order chi connectivity index (χ1) is 56.9. The average Bonchev–Trinajstić information content (AvgIpc) is 0.757. The van der Waals surface area contributed by atoms with Crippen LogP contribution < -0.4 is 16.7 Å². The van der Waals surface area contributed by atoms with E-state index in [9.17, 15) is 48.9 Å². The maximum atomic E-state index is 14.2. The van der Waals surface area contributed by atoms with Gasteiger partial charge in [0, 0.05) is 85.6 Å². The second kappa shape index (κ2) is 36.4.